The Balaban J connectivity index is 1.76. The van der Waals surface area contributed by atoms with Crippen LogP contribution in [0.2, 0.25) is 5.02 Å². The van der Waals surface area contributed by atoms with E-state index >= 15 is 0 Å². The van der Waals surface area contributed by atoms with Gasteiger partial charge in [0.2, 0.25) is 0 Å². The third kappa shape index (κ3) is 4.74. The molecule has 2 aromatic carbocycles. The molecule has 0 fully saturated rings. The summed E-state index contributed by atoms with van der Waals surface area (Å²) in [6, 6.07) is 13.8. The van der Waals surface area contributed by atoms with Crippen molar-refractivity contribution in [1.82, 2.24) is 14.9 Å². The minimum atomic E-state index is -0.0431. The fourth-order valence-corrected chi connectivity index (χ4v) is 3.47. The quantitative estimate of drug-likeness (QED) is 0.543. The summed E-state index contributed by atoms with van der Waals surface area (Å²) in [5.74, 6) is 0.598. The first kappa shape index (κ1) is 20.4. The zero-order valence-electron chi connectivity index (χ0n) is 16.9. The molecule has 4 nitrogen and oxygen atoms in total. The molecular weight excluding hydrogens is 370 g/mol. The van der Waals surface area contributed by atoms with Crippen LogP contribution in [0.1, 0.15) is 62.5 Å². The van der Waals surface area contributed by atoms with Crippen LogP contribution in [-0.4, -0.2) is 21.5 Å². The lowest BCUT2D eigenvalue weighted by atomic mass is 10.0. The highest BCUT2D eigenvalue weighted by Gasteiger charge is 2.15. The molecule has 0 saturated heterocycles. The Labute approximate surface area is 171 Å². The largest absolute Gasteiger partial charge is 0.350 e. The van der Waals surface area contributed by atoms with E-state index in [-0.39, 0.29) is 18.0 Å². The molecule has 0 aliphatic heterocycles. The standard InChI is InChI=1S/C23H28ClN3O/c1-15(2)5-6-16(3)26-23(28)19-9-12-22-21(13-19)25-14-27(22)17(4)18-7-10-20(24)11-8-18/h7-17H,5-6H2,1-4H3,(H,26,28)/t16?,17-/m1/s1. The van der Waals surface area contributed by atoms with Crippen LogP contribution in [0.4, 0.5) is 0 Å². The Morgan fingerprint density at radius 2 is 1.79 bits per heavy atom. The lowest BCUT2D eigenvalue weighted by Crippen LogP contribution is -2.32. The Bertz CT molecular complexity index is 946. The Morgan fingerprint density at radius 3 is 2.46 bits per heavy atom. The monoisotopic (exact) mass is 397 g/mol. The average Bonchev–Trinajstić information content (AvgIpc) is 3.09. The number of aromatic nitrogens is 2. The van der Waals surface area contributed by atoms with Crippen molar-refractivity contribution in [1.29, 1.82) is 0 Å². The average molecular weight is 398 g/mol. The van der Waals surface area contributed by atoms with Crippen LogP contribution in [-0.2, 0) is 0 Å². The van der Waals surface area contributed by atoms with E-state index in [0.717, 1.165) is 34.5 Å². The first-order chi connectivity index (χ1) is 13.3. The van der Waals surface area contributed by atoms with Gasteiger partial charge < -0.3 is 9.88 Å². The SMILES string of the molecule is CC(C)CCC(C)NC(=O)c1ccc2c(c1)ncn2[C@H](C)c1ccc(Cl)cc1. The van der Waals surface area contributed by atoms with E-state index in [2.05, 4.69) is 42.6 Å². The zero-order valence-corrected chi connectivity index (χ0v) is 17.7. The van der Waals surface area contributed by atoms with E-state index in [4.69, 9.17) is 11.6 Å². The lowest BCUT2D eigenvalue weighted by molar-refractivity contribution is 0.0937. The highest BCUT2D eigenvalue weighted by Crippen LogP contribution is 2.25. The molecule has 1 N–H and O–H groups in total. The van der Waals surface area contributed by atoms with Crippen LogP contribution in [0.25, 0.3) is 11.0 Å². The van der Waals surface area contributed by atoms with E-state index in [1.807, 2.05) is 48.8 Å². The first-order valence-corrected chi connectivity index (χ1v) is 10.3. The Kier molecular flexibility index (Phi) is 6.40. The molecule has 0 bridgehead atoms. The molecule has 0 aliphatic rings. The molecule has 1 amide bonds. The van der Waals surface area contributed by atoms with E-state index in [1.165, 1.54) is 0 Å². The molecule has 5 heteroatoms. The van der Waals surface area contributed by atoms with Crippen molar-refractivity contribution in [3.05, 3.63) is 64.9 Å². The Morgan fingerprint density at radius 1 is 1.07 bits per heavy atom. The highest BCUT2D eigenvalue weighted by molar-refractivity contribution is 6.30. The molecular formula is C23H28ClN3O. The number of fused-ring (bicyclic) bond motifs is 1. The summed E-state index contributed by atoms with van der Waals surface area (Å²) in [5, 5.41) is 3.82. The van der Waals surface area contributed by atoms with Crippen LogP contribution in [0.5, 0.6) is 0 Å². The van der Waals surface area contributed by atoms with Gasteiger partial charge in [0.1, 0.15) is 0 Å². The summed E-state index contributed by atoms with van der Waals surface area (Å²) in [6.07, 6.45) is 3.92. The second kappa shape index (κ2) is 8.78. The van der Waals surface area contributed by atoms with Gasteiger partial charge in [0.15, 0.2) is 0 Å². The number of rotatable bonds is 7. The number of nitrogens with zero attached hydrogens (tertiary/aromatic N) is 2. The van der Waals surface area contributed by atoms with Gasteiger partial charge in [-0.2, -0.15) is 0 Å². The van der Waals surface area contributed by atoms with Crippen molar-refractivity contribution < 1.29 is 4.79 Å². The third-order valence-electron chi connectivity index (χ3n) is 5.16. The molecule has 0 saturated carbocycles. The molecule has 1 heterocycles. The summed E-state index contributed by atoms with van der Waals surface area (Å²) < 4.78 is 2.12. The number of hydrogen-bond donors (Lipinski definition) is 1. The third-order valence-corrected chi connectivity index (χ3v) is 5.41. The van der Waals surface area contributed by atoms with Crippen LogP contribution in [0, 0.1) is 5.92 Å². The minimum absolute atomic E-state index is 0.0431. The van der Waals surface area contributed by atoms with E-state index in [9.17, 15) is 4.79 Å². The second-order valence-electron chi connectivity index (χ2n) is 7.93. The van der Waals surface area contributed by atoms with Crippen molar-refractivity contribution >= 4 is 28.5 Å². The number of carbonyl (C=O) groups excluding carboxylic acids is 1. The van der Waals surface area contributed by atoms with Gasteiger partial charge >= 0.3 is 0 Å². The summed E-state index contributed by atoms with van der Waals surface area (Å²) in [7, 11) is 0. The minimum Gasteiger partial charge on any atom is -0.350 e. The molecule has 0 spiro atoms. The first-order valence-electron chi connectivity index (χ1n) is 9.88. The number of amides is 1. The molecule has 28 heavy (non-hydrogen) atoms. The van der Waals surface area contributed by atoms with Crippen molar-refractivity contribution in [2.45, 2.75) is 52.6 Å². The molecule has 3 rings (SSSR count). The normalized spacial score (nSPS) is 13.6. The Hall–Kier alpha value is -2.33. The number of halogens is 1. The summed E-state index contributed by atoms with van der Waals surface area (Å²) in [6.45, 7) is 8.58. The van der Waals surface area contributed by atoms with E-state index in [1.54, 1.807) is 0 Å². The second-order valence-corrected chi connectivity index (χ2v) is 8.36. The predicted molar refractivity (Wildman–Crippen MR) is 116 cm³/mol. The van der Waals surface area contributed by atoms with Gasteiger partial charge in [0, 0.05) is 16.6 Å². The fraction of sp³-hybridized carbons (Fsp3) is 0.391. The van der Waals surface area contributed by atoms with Crippen LogP contribution < -0.4 is 5.32 Å². The molecule has 148 valence electrons. The van der Waals surface area contributed by atoms with Gasteiger partial charge in [0.25, 0.3) is 5.91 Å². The van der Waals surface area contributed by atoms with E-state index < -0.39 is 0 Å². The highest BCUT2D eigenvalue weighted by atomic mass is 35.5. The van der Waals surface area contributed by atoms with Gasteiger partial charge in [-0.05, 0) is 68.5 Å². The van der Waals surface area contributed by atoms with Crippen molar-refractivity contribution in [2.24, 2.45) is 5.92 Å². The van der Waals surface area contributed by atoms with Gasteiger partial charge in [-0.1, -0.05) is 37.6 Å². The van der Waals surface area contributed by atoms with Crippen LogP contribution >= 0.6 is 11.6 Å². The van der Waals surface area contributed by atoms with Gasteiger partial charge in [-0.25, -0.2) is 4.98 Å². The lowest BCUT2D eigenvalue weighted by Gasteiger charge is -2.16. The molecule has 0 aliphatic carbocycles. The molecule has 3 aromatic rings. The number of benzene rings is 2. The zero-order chi connectivity index (χ0) is 20.3. The number of carbonyl (C=O) groups is 1. The van der Waals surface area contributed by atoms with Gasteiger partial charge in [0.05, 0.1) is 23.4 Å². The van der Waals surface area contributed by atoms with Crippen molar-refractivity contribution in [2.75, 3.05) is 0 Å². The van der Waals surface area contributed by atoms with Crippen molar-refractivity contribution in [3.8, 4) is 0 Å². The van der Waals surface area contributed by atoms with Crippen LogP contribution in [0.15, 0.2) is 48.8 Å². The maximum absolute atomic E-state index is 12.6. The maximum atomic E-state index is 12.6. The molecule has 2 atom stereocenters. The smallest absolute Gasteiger partial charge is 0.251 e. The van der Waals surface area contributed by atoms with Gasteiger partial charge in [-0.3, -0.25) is 4.79 Å². The number of imidazole rings is 1. The molecule has 1 aromatic heterocycles. The van der Waals surface area contributed by atoms with E-state index in [0.29, 0.717) is 11.5 Å². The predicted octanol–water partition coefficient (Wildman–Crippen LogP) is 5.85. The summed E-state index contributed by atoms with van der Waals surface area (Å²) in [5.41, 5.74) is 3.63. The molecule has 1 unspecified atom stereocenters. The maximum Gasteiger partial charge on any atom is 0.251 e. The molecule has 0 radical (unpaired) electrons. The van der Waals surface area contributed by atoms with Gasteiger partial charge in [-0.15, -0.1) is 0 Å². The van der Waals surface area contributed by atoms with Crippen molar-refractivity contribution in [3.63, 3.8) is 0 Å². The summed E-state index contributed by atoms with van der Waals surface area (Å²) in [4.78, 5) is 17.1. The fourth-order valence-electron chi connectivity index (χ4n) is 3.35. The topological polar surface area (TPSA) is 46.9 Å². The van der Waals surface area contributed by atoms with Crippen LogP contribution in [0.3, 0.4) is 0 Å². The number of hydrogen-bond acceptors (Lipinski definition) is 2. The number of nitrogens with one attached hydrogen (secondary N) is 1. The summed E-state index contributed by atoms with van der Waals surface area (Å²) >= 11 is 6.00.